The number of hydrogen-bond acceptors (Lipinski definition) is 7. The molecule has 1 aliphatic heterocycles. The summed E-state index contributed by atoms with van der Waals surface area (Å²) in [6.45, 7) is 4.70. The molecule has 210 valence electrons. The minimum Gasteiger partial charge on any atom is -0.437 e. The Hall–Kier alpha value is -3.34. The first-order valence-electron chi connectivity index (χ1n) is 13.2. The van der Waals surface area contributed by atoms with E-state index in [0.29, 0.717) is 29.5 Å². The highest BCUT2D eigenvalue weighted by atomic mass is 32.2. The zero-order chi connectivity index (χ0) is 28.3. The van der Waals surface area contributed by atoms with E-state index in [1.54, 1.807) is 19.2 Å². The normalized spacial score (nSPS) is 21.4. The second-order valence-electron chi connectivity index (χ2n) is 10.3. The molecule has 2 atom stereocenters. The second kappa shape index (κ2) is 11.6. The Bertz CT molecular complexity index is 1540. The molecule has 3 aromatic carbocycles. The highest BCUT2D eigenvalue weighted by Crippen LogP contribution is 2.40. The van der Waals surface area contributed by atoms with Gasteiger partial charge >= 0.3 is 0 Å². The van der Waals surface area contributed by atoms with Crippen molar-refractivity contribution in [3.05, 3.63) is 95.9 Å². The van der Waals surface area contributed by atoms with Crippen LogP contribution in [0.3, 0.4) is 0 Å². The first kappa shape index (κ1) is 28.2. The highest BCUT2D eigenvalue weighted by Gasteiger charge is 2.40. The van der Waals surface area contributed by atoms with E-state index in [2.05, 4.69) is 26.0 Å². The van der Waals surface area contributed by atoms with Gasteiger partial charge in [0.25, 0.3) is 0 Å². The summed E-state index contributed by atoms with van der Waals surface area (Å²) in [6.07, 6.45) is 1.80. The first-order chi connectivity index (χ1) is 19.2. The van der Waals surface area contributed by atoms with Crippen molar-refractivity contribution < 1.29 is 27.0 Å². The zero-order valence-corrected chi connectivity index (χ0v) is 23.7. The van der Waals surface area contributed by atoms with Crippen LogP contribution in [0.4, 0.5) is 0 Å². The van der Waals surface area contributed by atoms with E-state index in [4.69, 9.17) is 28.8 Å². The highest BCUT2D eigenvalue weighted by molar-refractivity contribution is 7.89. The zero-order valence-electron chi connectivity index (χ0n) is 22.9. The van der Waals surface area contributed by atoms with Gasteiger partial charge in [0.15, 0.2) is 5.76 Å². The predicted octanol–water partition coefficient (Wildman–Crippen LogP) is 5.80. The number of nitrogens with zero attached hydrogens (tertiary/aromatic N) is 1. The molecular formula is C31H34N2O6S. The van der Waals surface area contributed by atoms with Crippen molar-refractivity contribution in [1.82, 2.24) is 4.98 Å². The van der Waals surface area contributed by atoms with Crippen molar-refractivity contribution in [2.45, 2.75) is 62.6 Å². The molecule has 0 amide bonds. The molecule has 5 rings (SSSR count). The SMILES string of the molecule is COC1(c2cccc(COCc3nc(-c4ccccc4)c(-c4ccc(S(N)(=O)=O)cc4)o3)c2)CC(C)OC(C)C1. The summed E-state index contributed by atoms with van der Waals surface area (Å²) in [5.74, 6) is 0.943. The molecule has 1 fully saturated rings. The van der Waals surface area contributed by atoms with Crippen molar-refractivity contribution in [2.75, 3.05) is 7.11 Å². The molecule has 2 unspecified atom stereocenters. The van der Waals surface area contributed by atoms with Gasteiger partial charge in [0.1, 0.15) is 12.3 Å². The van der Waals surface area contributed by atoms with Crippen LogP contribution in [0.15, 0.2) is 88.2 Å². The topological polar surface area (TPSA) is 114 Å². The smallest absolute Gasteiger partial charge is 0.238 e. The molecule has 1 aliphatic rings. The lowest BCUT2D eigenvalue weighted by Gasteiger charge is -2.42. The van der Waals surface area contributed by atoms with Crippen LogP contribution in [-0.2, 0) is 43.0 Å². The van der Waals surface area contributed by atoms with Gasteiger partial charge in [-0.3, -0.25) is 0 Å². The molecule has 0 saturated carbocycles. The minimum absolute atomic E-state index is 0.0303. The number of aromatic nitrogens is 1. The molecule has 9 heteroatoms. The lowest BCUT2D eigenvalue weighted by atomic mass is 9.81. The van der Waals surface area contributed by atoms with E-state index < -0.39 is 15.6 Å². The fourth-order valence-corrected chi connectivity index (χ4v) is 5.95. The average Bonchev–Trinajstić information content (AvgIpc) is 3.37. The Balaban J connectivity index is 1.35. The first-order valence-corrected chi connectivity index (χ1v) is 14.8. The molecule has 40 heavy (non-hydrogen) atoms. The van der Waals surface area contributed by atoms with E-state index in [-0.39, 0.29) is 23.7 Å². The Morgan fingerprint density at radius 2 is 1.62 bits per heavy atom. The molecule has 0 spiro atoms. The molecule has 8 nitrogen and oxygen atoms in total. The molecule has 0 aliphatic carbocycles. The second-order valence-corrected chi connectivity index (χ2v) is 11.8. The van der Waals surface area contributed by atoms with Crippen molar-refractivity contribution in [3.63, 3.8) is 0 Å². The summed E-state index contributed by atoms with van der Waals surface area (Å²) >= 11 is 0. The van der Waals surface area contributed by atoms with Crippen molar-refractivity contribution >= 4 is 10.0 Å². The largest absolute Gasteiger partial charge is 0.437 e. The summed E-state index contributed by atoms with van der Waals surface area (Å²) < 4.78 is 47.6. The molecular weight excluding hydrogens is 528 g/mol. The third kappa shape index (κ3) is 6.19. The quantitative estimate of drug-likeness (QED) is 0.274. The molecule has 2 N–H and O–H groups in total. The van der Waals surface area contributed by atoms with Crippen LogP contribution in [0.25, 0.3) is 22.6 Å². The molecule has 0 bridgehead atoms. The van der Waals surface area contributed by atoms with E-state index in [0.717, 1.165) is 29.5 Å². The van der Waals surface area contributed by atoms with Crippen LogP contribution < -0.4 is 5.14 Å². The van der Waals surface area contributed by atoms with Crippen LogP contribution in [0, 0.1) is 0 Å². The van der Waals surface area contributed by atoms with E-state index >= 15 is 0 Å². The van der Waals surface area contributed by atoms with Gasteiger partial charge < -0.3 is 18.6 Å². The van der Waals surface area contributed by atoms with Gasteiger partial charge in [-0.25, -0.2) is 18.5 Å². The Morgan fingerprint density at radius 3 is 2.27 bits per heavy atom. The minimum atomic E-state index is -3.80. The molecule has 4 aromatic rings. The van der Waals surface area contributed by atoms with Gasteiger partial charge in [-0.15, -0.1) is 0 Å². The summed E-state index contributed by atoms with van der Waals surface area (Å²) in [6, 6.07) is 24.2. The predicted molar refractivity (Wildman–Crippen MR) is 152 cm³/mol. The van der Waals surface area contributed by atoms with Gasteiger partial charge in [0.2, 0.25) is 15.9 Å². The van der Waals surface area contributed by atoms with Gasteiger partial charge in [-0.1, -0.05) is 54.6 Å². The van der Waals surface area contributed by atoms with E-state index in [1.807, 2.05) is 42.5 Å². The standard InChI is InChI=1S/C31H34N2O6S/c1-21-17-31(36-3,18-22(2)38-21)26-11-7-8-23(16-26)19-37-20-28-33-29(24-9-5-4-6-10-24)30(39-28)25-12-14-27(15-13-25)40(32,34)35/h4-16,21-22H,17-20H2,1-3H3,(H2,32,34,35). The fourth-order valence-electron chi connectivity index (χ4n) is 5.44. The molecule has 1 aromatic heterocycles. The Kier molecular flexibility index (Phi) is 8.21. The number of methoxy groups -OCH3 is 1. The average molecular weight is 563 g/mol. The third-order valence-electron chi connectivity index (χ3n) is 7.20. The number of nitrogens with two attached hydrogens (primary N) is 1. The van der Waals surface area contributed by atoms with Crippen LogP contribution in [0.5, 0.6) is 0 Å². The maximum Gasteiger partial charge on any atom is 0.238 e. The summed E-state index contributed by atoms with van der Waals surface area (Å²) in [5.41, 5.74) is 3.95. The van der Waals surface area contributed by atoms with Crippen molar-refractivity contribution in [2.24, 2.45) is 5.14 Å². The lowest BCUT2D eigenvalue weighted by Crippen LogP contribution is -2.42. The van der Waals surface area contributed by atoms with Crippen LogP contribution in [-0.4, -0.2) is 32.7 Å². The number of ether oxygens (including phenoxy) is 3. The number of sulfonamides is 1. The maximum absolute atomic E-state index is 11.7. The number of hydrogen-bond donors (Lipinski definition) is 1. The van der Waals surface area contributed by atoms with E-state index in [9.17, 15) is 8.42 Å². The number of rotatable bonds is 9. The van der Waals surface area contributed by atoms with Gasteiger partial charge in [0.05, 0.1) is 29.3 Å². The molecule has 2 heterocycles. The maximum atomic E-state index is 11.7. The number of oxazole rings is 1. The van der Waals surface area contributed by atoms with Crippen molar-refractivity contribution in [3.8, 4) is 22.6 Å². The van der Waals surface area contributed by atoms with Gasteiger partial charge in [-0.2, -0.15) is 0 Å². The summed E-state index contributed by atoms with van der Waals surface area (Å²) in [7, 11) is -2.03. The van der Waals surface area contributed by atoms with Gasteiger partial charge in [0, 0.05) is 31.1 Å². The summed E-state index contributed by atoms with van der Waals surface area (Å²) in [4.78, 5) is 4.75. The summed E-state index contributed by atoms with van der Waals surface area (Å²) in [5, 5.41) is 5.26. The Morgan fingerprint density at radius 1 is 0.925 bits per heavy atom. The monoisotopic (exact) mass is 562 g/mol. The lowest BCUT2D eigenvalue weighted by molar-refractivity contribution is -0.152. The van der Waals surface area contributed by atoms with Crippen LogP contribution in [0.2, 0.25) is 0 Å². The number of primary sulfonamides is 1. The third-order valence-corrected chi connectivity index (χ3v) is 8.13. The van der Waals surface area contributed by atoms with Crippen molar-refractivity contribution in [1.29, 1.82) is 0 Å². The fraction of sp³-hybridized carbons (Fsp3) is 0.323. The van der Waals surface area contributed by atoms with Gasteiger partial charge in [-0.05, 0) is 49.2 Å². The van der Waals surface area contributed by atoms with E-state index in [1.165, 1.54) is 12.1 Å². The van der Waals surface area contributed by atoms with Crippen LogP contribution >= 0.6 is 0 Å². The molecule has 0 radical (unpaired) electrons. The van der Waals surface area contributed by atoms with Crippen LogP contribution in [0.1, 0.15) is 43.7 Å². The number of benzene rings is 3. The molecule has 1 saturated heterocycles. The Labute approximate surface area is 235 Å².